The van der Waals surface area contributed by atoms with Crippen molar-refractivity contribution in [2.24, 2.45) is 0 Å². The first kappa shape index (κ1) is 31.5. The summed E-state index contributed by atoms with van der Waals surface area (Å²) >= 11 is 0. The van der Waals surface area contributed by atoms with Crippen LogP contribution in [0.25, 0.3) is 0 Å². The maximum Gasteiger partial charge on any atom is 0.311 e. The van der Waals surface area contributed by atoms with Crippen LogP contribution in [-0.4, -0.2) is 48.0 Å². The largest absolute Gasteiger partial charge is 0.494 e. The van der Waals surface area contributed by atoms with E-state index in [0.29, 0.717) is 37.2 Å². The van der Waals surface area contributed by atoms with E-state index in [9.17, 15) is 13.8 Å². The van der Waals surface area contributed by atoms with E-state index in [1.807, 2.05) is 0 Å². The van der Waals surface area contributed by atoms with Crippen LogP contribution < -0.4 is 4.74 Å². The molecule has 3 unspecified atom stereocenters. The summed E-state index contributed by atoms with van der Waals surface area (Å²) in [6, 6.07) is 6.35. The predicted molar refractivity (Wildman–Crippen MR) is 103 cm³/mol. The molecule has 30 heavy (non-hydrogen) atoms. The Balaban J connectivity index is 0. The smallest absolute Gasteiger partial charge is 0.311 e. The van der Waals surface area contributed by atoms with Crippen LogP contribution in [0.4, 0.5) is 4.20 Å². The summed E-state index contributed by atoms with van der Waals surface area (Å²) in [6.45, 7) is 0.292. The van der Waals surface area contributed by atoms with Gasteiger partial charge in [0, 0.05) is 93.7 Å². The molecular weight excluding hydrogens is 867 g/mol. The number of benzene rings is 1. The van der Waals surface area contributed by atoms with Gasteiger partial charge in [-0.1, -0.05) is 12.1 Å². The Morgan fingerprint density at radius 1 is 1.13 bits per heavy atom. The fraction of sp³-hybridized carbons (Fsp3) is 0.529. The van der Waals surface area contributed by atoms with Crippen LogP contribution in [0, 0.1) is 88.1 Å². The number of esters is 1. The molecule has 0 amide bonds. The first-order valence-corrected chi connectivity index (χ1v) is 11.4. The van der Waals surface area contributed by atoms with E-state index < -0.39 is 32.5 Å². The molecule has 0 spiro atoms. The number of aliphatic hydroxyl groups excluding tert-OH is 2. The molecule has 1 aromatic carbocycles. The Kier molecular flexibility index (Phi) is 20.9. The summed E-state index contributed by atoms with van der Waals surface area (Å²) in [5, 5.41) is 22.4. The molecule has 13 heteroatoms. The minimum atomic E-state index is -2.39. The Morgan fingerprint density at radius 2 is 1.77 bits per heavy atom. The molecule has 0 aliphatic rings. The van der Waals surface area contributed by atoms with Crippen LogP contribution >= 0.6 is 17.1 Å². The van der Waals surface area contributed by atoms with Crippen molar-refractivity contribution in [1.29, 1.82) is 1.43 Å². The topological polar surface area (TPSA) is 123 Å². The molecule has 164 valence electrons. The minimum absolute atomic E-state index is 0. The Labute approximate surface area is 251 Å². The summed E-state index contributed by atoms with van der Waals surface area (Å²) in [5.74, 6) is -0.892. The zero-order chi connectivity index (χ0) is 21.6. The number of carbonyl (C=O) groups is 2. The fourth-order valence-corrected chi connectivity index (χ4v) is 2.81. The Morgan fingerprint density at radius 3 is 2.33 bits per heavy atom. The van der Waals surface area contributed by atoms with Crippen molar-refractivity contribution in [3.63, 3.8) is 0 Å². The SMILES string of the molecule is [2H]OCC(CCCCOc1ccc(C(O)O)cc1)OC(=O)CCC(=O)OP(F)P.[Ac].[Ac]. The molecule has 0 aromatic heterocycles. The van der Waals surface area contributed by atoms with Crippen molar-refractivity contribution in [3.8, 4) is 5.75 Å². The van der Waals surface area contributed by atoms with Crippen LogP contribution in [-0.2, 0) is 18.8 Å². The van der Waals surface area contributed by atoms with Gasteiger partial charge in [-0.25, -0.2) is 0 Å². The second-order valence-electron chi connectivity index (χ2n) is 5.80. The van der Waals surface area contributed by atoms with Crippen molar-refractivity contribution >= 4 is 29.0 Å². The number of halogens is 1. The molecular formula is C17H25Ac2FO8P2. The third-order valence-corrected chi connectivity index (χ3v) is 4.27. The molecule has 0 fully saturated rings. The summed E-state index contributed by atoms with van der Waals surface area (Å²) in [7, 11) is -0.661. The molecule has 8 nitrogen and oxygen atoms in total. The van der Waals surface area contributed by atoms with E-state index in [-0.39, 0.29) is 108 Å². The van der Waals surface area contributed by atoms with E-state index in [2.05, 4.69) is 9.63 Å². The molecule has 0 bridgehead atoms. The normalized spacial score (nSPS) is 12.6. The van der Waals surface area contributed by atoms with Crippen LogP contribution in [0.1, 0.15) is 44.0 Å². The van der Waals surface area contributed by atoms with E-state index in [1.165, 1.54) is 0 Å². The molecule has 1 rings (SSSR count). The van der Waals surface area contributed by atoms with Crippen LogP contribution in [0.5, 0.6) is 5.75 Å². The van der Waals surface area contributed by atoms with Gasteiger partial charge < -0.3 is 29.3 Å². The van der Waals surface area contributed by atoms with Crippen molar-refractivity contribution in [2.45, 2.75) is 44.5 Å². The quantitative estimate of drug-likeness (QED) is 0.113. The molecule has 3 N–H and O–H groups in total. The Hall–Kier alpha value is 1.51. The van der Waals surface area contributed by atoms with Gasteiger partial charge in [0.15, 0.2) is 6.29 Å². The van der Waals surface area contributed by atoms with Crippen molar-refractivity contribution in [1.82, 2.24) is 0 Å². The number of aliphatic hydroxyl groups is 3. The van der Waals surface area contributed by atoms with Gasteiger partial charge >= 0.3 is 11.9 Å². The number of ether oxygens (including phenoxy) is 2. The van der Waals surface area contributed by atoms with Gasteiger partial charge in [-0.05, 0) is 40.3 Å². The average Bonchev–Trinajstić information content (AvgIpc) is 2.66. The zero-order valence-electron chi connectivity index (χ0n) is 17.3. The minimum Gasteiger partial charge on any atom is -0.494 e. The summed E-state index contributed by atoms with van der Waals surface area (Å²) in [5.41, 5.74) is 0.365. The van der Waals surface area contributed by atoms with Gasteiger partial charge in [-0.3, -0.25) is 9.59 Å². The molecule has 0 saturated carbocycles. The zero-order valence-corrected chi connectivity index (χ0v) is 27.9. The van der Waals surface area contributed by atoms with E-state index in [1.54, 1.807) is 33.2 Å². The summed E-state index contributed by atoms with van der Waals surface area (Å²) in [4.78, 5) is 23.0. The third-order valence-electron chi connectivity index (χ3n) is 3.57. The van der Waals surface area contributed by atoms with Gasteiger partial charge in [0.25, 0.3) is 8.15 Å². The molecule has 0 aliphatic heterocycles. The molecule has 3 atom stereocenters. The van der Waals surface area contributed by atoms with Crippen molar-refractivity contribution < 1.29 is 131 Å². The van der Waals surface area contributed by atoms with E-state index in [0.717, 1.165) is 0 Å². The summed E-state index contributed by atoms with van der Waals surface area (Å²) in [6.07, 6.45) is -0.975. The molecule has 2 radical (unpaired) electrons. The number of hydrogen-bond acceptors (Lipinski definition) is 8. The predicted octanol–water partition coefficient (Wildman–Crippen LogP) is 2.52. The third kappa shape index (κ3) is 16.2. The maximum absolute atomic E-state index is 12.5. The standard InChI is InChI=1S/C17H25FO8P2.2Ac/c18-28(27)26-16(21)9-8-15(20)25-14(11-19)3-1-2-10-24-13-6-4-12(5-7-13)17(22)23;;/h4-7,14,17,19,22-23H,1-3,8-11,27H2;;/i19D;;. The number of hydrogen-bond donors (Lipinski definition) is 3. The first-order valence-electron chi connectivity index (χ1n) is 9.00. The molecule has 0 saturated heterocycles. The fourth-order valence-electron chi connectivity index (χ4n) is 2.17. The number of unbranched alkanes of at least 4 members (excludes halogenated alkanes) is 1. The van der Waals surface area contributed by atoms with Gasteiger partial charge in [0.1, 0.15) is 11.9 Å². The van der Waals surface area contributed by atoms with Gasteiger partial charge in [-0.15, -0.1) is 0 Å². The average molecular weight is 893 g/mol. The van der Waals surface area contributed by atoms with E-state index in [4.69, 9.17) is 21.1 Å². The van der Waals surface area contributed by atoms with Crippen LogP contribution in [0.2, 0.25) is 0 Å². The summed E-state index contributed by atoms with van der Waals surface area (Å²) < 4.78 is 34.4. The number of rotatable bonds is 14. The Bertz CT molecular complexity index is 629. The van der Waals surface area contributed by atoms with Crippen molar-refractivity contribution in [2.75, 3.05) is 13.2 Å². The van der Waals surface area contributed by atoms with Crippen LogP contribution in [0.3, 0.4) is 0 Å². The van der Waals surface area contributed by atoms with Crippen LogP contribution in [0.15, 0.2) is 24.3 Å². The monoisotopic (exact) mass is 893 g/mol. The number of carbonyl (C=O) groups excluding carboxylic acids is 2. The van der Waals surface area contributed by atoms with Gasteiger partial charge in [0.2, 0.25) is 1.43 Å². The van der Waals surface area contributed by atoms with Gasteiger partial charge in [-0.2, -0.15) is 4.20 Å². The second-order valence-corrected chi connectivity index (χ2v) is 7.75. The van der Waals surface area contributed by atoms with Crippen molar-refractivity contribution in [3.05, 3.63) is 29.8 Å². The molecule has 0 heterocycles. The van der Waals surface area contributed by atoms with Gasteiger partial charge in [0.05, 0.1) is 26.1 Å². The molecule has 0 aliphatic carbocycles. The van der Waals surface area contributed by atoms with E-state index >= 15 is 0 Å². The maximum atomic E-state index is 12.5. The second kappa shape index (κ2) is 19.9. The molecule has 1 aromatic rings. The first-order chi connectivity index (χ1) is 13.8.